The predicted octanol–water partition coefficient (Wildman–Crippen LogP) is 3.21. The first-order valence-electron chi connectivity index (χ1n) is 6.31. The number of nitrogens with zero attached hydrogens (tertiary/aromatic N) is 2. The van der Waals surface area contributed by atoms with Crippen molar-refractivity contribution in [3.63, 3.8) is 0 Å². The Balaban J connectivity index is 1.89. The van der Waals surface area contributed by atoms with Crippen LogP contribution in [-0.4, -0.2) is 20.7 Å². The van der Waals surface area contributed by atoms with E-state index in [2.05, 4.69) is 51.8 Å². The molecule has 3 nitrogen and oxygen atoms in total. The minimum absolute atomic E-state index is 0.290. The molecule has 0 amide bonds. The summed E-state index contributed by atoms with van der Waals surface area (Å²) in [4.78, 5) is 12.1. The van der Waals surface area contributed by atoms with Gasteiger partial charge in [-0.25, -0.2) is 4.98 Å². The molecule has 0 aliphatic rings. The van der Waals surface area contributed by atoms with Gasteiger partial charge >= 0.3 is 0 Å². The second-order valence-corrected chi connectivity index (χ2v) is 4.95. The summed E-state index contributed by atoms with van der Waals surface area (Å²) in [6, 6.07) is 12.4. The van der Waals surface area contributed by atoms with Crippen LogP contribution in [0.15, 0.2) is 48.8 Å². The first kappa shape index (κ1) is 12.2. The average Bonchev–Trinajstić information content (AvgIpc) is 2.89. The lowest BCUT2D eigenvalue weighted by atomic mass is 10.0. The monoisotopic (exact) mass is 269 g/mol. The van der Waals surface area contributed by atoms with E-state index in [4.69, 9.17) is 0 Å². The van der Waals surface area contributed by atoms with Crippen LogP contribution in [0, 0.1) is 0 Å². The maximum absolute atomic E-state index is 4.64. The summed E-state index contributed by atoms with van der Waals surface area (Å²) < 4.78 is 0. The maximum atomic E-state index is 4.64. The first-order valence-corrected chi connectivity index (χ1v) is 6.94. The molecule has 3 rings (SSSR count). The molecule has 1 aromatic carbocycles. The number of pyridine rings is 1. The third-order valence-electron chi connectivity index (χ3n) is 3.23. The van der Waals surface area contributed by atoms with Crippen molar-refractivity contribution in [1.82, 2.24) is 15.0 Å². The molecule has 0 aliphatic heterocycles. The summed E-state index contributed by atoms with van der Waals surface area (Å²) in [5, 5.41) is 0. The van der Waals surface area contributed by atoms with E-state index in [1.54, 1.807) is 6.20 Å². The van der Waals surface area contributed by atoms with E-state index >= 15 is 0 Å². The van der Waals surface area contributed by atoms with Gasteiger partial charge in [-0.1, -0.05) is 30.3 Å². The number of H-pyrrole nitrogens is 1. The molecule has 1 atom stereocenters. The largest absolute Gasteiger partial charge is 0.340 e. The summed E-state index contributed by atoms with van der Waals surface area (Å²) in [7, 11) is 0. The van der Waals surface area contributed by atoms with Crippen molar-refractivity contribution >= 4 is 23.7 Å². The second kappa shape index (κ2) is 5.45. The third kappa shape index (κ3) is 2.63. The Bertz CT molecular complexity index is 630. The summed E-state index contributed by atoms with van der Waals surface area (Å²) in [5.74, 6) is 2.04. The van der Waals surface area contributed by atoms with Crippen molar-refractivity contribution in [3.05, 3.63) is 60.2 Å². The number of imidazole rings is 1. The smallest absolute Gasteiger partial charge is 0.111 e. The van der Waals surface area contributed by atoms with Crippen LogP contribution >= 0.6 is 12.6 Å². The molecule has 96 valence electrons. The fourth-order valence-corrected chi connectivity index (χ4v) is 2.52. The van der Waals surface area contributed by atoms with E-state index in [0.717, 1.165) is 29.0 Å². The molecule has 19 heavy (non-hydrogen) atoms. The lowest BCUT2D eigenvalue weighted by Crippen LogP contribution is -2.06. The molecule has 4 heteroatoms. The van der Waals surface area contributed by atoms with Gasteiger partial charge in [0.1, 0.15) is 5.82 Å². The summed E-state index contributed by atoms with van der Waals surface area (Å²) in [6.45, 7) is 0. The number of hydrogen-bond acceptors (Lipinski definition) is 3. The van der Waals surface area contributed by atoms with Crippen LogP contribution < -0.4 is 0 Å². The Morgan fingerprint density at radius 3 is 2.74 bits per heavy atom. The fraction of sp³-hybridized carbons (Fsp3) is 0.200. The first-order chi connectivity index (χ1) is 9.36. The van der Waals surface area contributed by atoms with Crippen molar-refractivity contribution in [2.24, 2.45) is 0 Å². The van der Waals surface area contributed by atoms with Gasteiger partial charge in [0.2, 0.25) is 0 Å². The number of thiol groups is 1. The standard InChI is InChI=1S/C15H15N3S/c19-10-12(8-11-4-2-1-3-5-11)15-17-13-6-7-16-9-14(13)18-15/h1-7,9,12,19H,8,10H2,(H,17,18)/t12-/m1/s1. The quantitative estimate of drug-likeness (QED) is 0.714. The normalized spacial score (nSPS) is 12.7. The van der Waals surface area contributed by atoms with Gasteiger partial charge in [0, 0.05) is 17.9 Å². The van der Waals surface area contributed by atoms with Gasteiger partial charge in [0.15, 0.2) is 0 Å². The van der Waals surface area contributed by atoms with E-state index in [-0.39, 0.29) is 5.92 Å². The van der Waals surface area contributed by atoms with Crippen molar-refractivity contribution in [2.45, 2.75) is 12.3 Å². The van der Waals surface area contributed by atoms with Crippen LogP contribution in [0.4, 0.5) is 0 Å². The summed E-state index contributed by atoms with van der Waals surface area (Å²) in [6.07, 6.45) is 4.52. The Kier molecular flexibility index (Phi) is 3.51. The zero-order valence-corrected chi connectivity index (χ0v) is 11.3. The van der Waals surface area contributed by atoms with Crippen molar-refractivity contribution < 1.29 is 0 Å². The zero-order chi connectivity index (χ0) is 13.1. The van der Waals surface area contributed by atoms with Crippen LogP contribution in [0.5, 0.6) is 0 Å². The van der Waals surface area contributed by atoms with E-state index in [1.807, 2.05) is 18.3 Å². The highest BCUT2D eigenvalue weighted by Crippen LogP contribution is 2.22. The Morgan fingerprint density at radius 1 is 1.16 bits per heavy atom. The topological polar surface area (TPSA) is 41.6 Å². The molecule has 0 saturated carbocycles. The molecule has 0 saturated heterocycles. The van der Waals surface area contributed by atoms with Gasteiger partial charge in [-0.15, -0.1) is 0 Å². The van der Waals surface area contributed by atoms with Crippen LogP contribution in [-0.2, 0) is 6.42 Å². The Hall–Kier alpha value is -1.81. The third-order valence-corrected chi connectivity index (χ3v) is 3.67. The maximum Gasteiger partial charge on any atom is 0.111 e. The number of rotatable bonds is 4. The number of nitrogens with one attached hydrogen (secondary N) is 1. The van der Waals surface area contributed by atoms with E-state index in [9.17, 15) is 0 Å². The van der Waals surface area contributed by atoms with E-state index in [1.165, 1.54) is 5.56 Å². The number of hydrogen-bond donors (Lipinski definition) is 2. The highest BCUT2D eigenvalue weighted by Gasteiger charge is 2.15. The molecule has 0 unspecified atom stereocenters. The van der Waals surface area contributed by atoms with Gasteiger partial charge in [-0.3, -0.25) is 4.98 Å². The molecular weight excluding hydrogens is 254 g/mol. The highest BCUT2D eigenvalue weighted by atomic mass is 32.1. The zero-order valence-electron chi connectivity index (χ0n) is 10.5. The lowest BCUT2D eigenvalue weighted by molar-refractivity contribution is 0.725. The molecule has 3 aromatic rings. The van der Waals surface area contributed by atoms with Gasteiger partial charge in [-0.2, -0.15) is 12.6 Å². The molecule has 0 radical (unpaired) electrons. The molecular formula is C15H15N3S. The SMILES string of the molecule is SC[C@@H](Cc1ccccc1)c1nc2ccncc2[nH]1. The lowest BCUT2D eigenvalue weighted by Gasteiger charge is -2.11. The molecule has 0 spiro atoms. The van der Waals surface area contributed by atoms with Crippen molar-refractivity contribution in [2.75, 3.05) is 5.75 Å². The molecule has 2 heterocycles. The van der Waals surface area contributed by atoms with Gasteiger partial charge in [-0.05, 0) is 18.1 Å². The Morgan fingerprint density at radius 2 is 2.00 bits per heavy atom. The van der Waals surface area contributed by atoms with Crippen LogP contribution in [0.1, 0.15) is 17.3 Å². The van der Waals surface area contributed by atoms with Crippen LogP contribution in [0.3, 0.4) is 0 Å². The van der Waals surface area contributed by atoms with E-state index < -0.39 is 0 Å². The molecule has 1 N–H and O–H groups in total. The molecule has 2 aromatic heterocycles. The molecule has 0 bridgehead atoms. The summed E-state index contributed by atoms with van der Waals surface area (Å²) in [5.41, 5.74) is 3.25. The number of aromatic amines is 1. The molecule has 0 aliphatic carbocycles. The fourth-order valence-electron chi connectivity index (χ4n) is 2.22. The number of fused-ring (bicyclic) bond motifs is 1. The van der Waals surface area contributed by atoms with E-state index in [0.29, 0.717) is 0 Å². The van der Waals surface area contributed by atoms with Gasteiger partial charge < -0.3 is 4.98 Å². The average molecular weight is 269 g/mol. The van der Waals surface area contributed by atoms with Crippen LogP contribution in [0.25, 0.3) is 11.0 Å². The highest BCUT2D eigenvalue weighted by molar-refractivity contribution is 7.80. The van der Waals surface area contributed by atoms with Crippen molar-refractivity contribution in [3.8, 4) is 0 Å². The van der Waals surface area contributed by atoms with Gasteiger partial charge in [0.05, 0.1) is 17.2 Å². The number of aromatic nitrogens is 3. The Labute approximate surface area is 117 Å². The second-order valence-electron chi connectivity index (χ2n) is 4.58. The van der Waals surface area contributed by atoms with Crippen LogP contribution in [0.2, 0.25) is 0 Å². The summed E-state index contributed by atoms with van der Waals surface area (Å²) >= 11 is 4.46. The minimum Gasteiger partial charge on any atom is -0.340 e. The molecule has 0 fully saturated rings. The predicted molar refractivity (Wildman–Crippen MR) is 80.6 cm³/mol. The van der Waals surface area contributed by atoms with Gasteiger partial charge in [0.25, 0.3) is 0 Å². The minimum atomic E-state index is 0.290. The van der Waals surface area contributed by atoms with Crippen molar-refractivity contribution in [1.29, 1.82) is 0 Å². The number of benzene rings is 1.